The smallest absolute Gasteiger partial charge is 0.303 e. The van der Waals surface area contributed by atoms with Crippen LogP contribution >= 0.6 is 0 Å². The van der Waals surface area contributed by atoms with E-state index in [9.17, 15) is 9.59 Å². The molecule has 1 saturated heterocycles. The van der Waals surface area contributed by atoms with Gasteiger partial charge in [-0.15, -0.1) is 0 Å². The van der Waals surface area contributed by atoms with Crippen LogP contribution in [0.2, 0.25) is 0 Å². The van der Waals surface area contributed by atoms with Gasteiger partial charge in [0.05, 0.1) is 6.54 Å². The molecular weight excluding hydrogens is 292 g/mol. The Morgan fingerprint density at radius 3 is 2.26 bits per heavy atom. The topological polar surface area (TPSA) is 60.9 Å². The molecule has 3 aliphatic rings. The molecule has 0 unspecified atom stereocenters. The fraction of sp³-hybridized carbons (Fsp3) is 0.889. The summed E-state index contributed by atoms with van der Waals surface area (Å²) in [5.74, 6) is -0.0984. The van der Waals surface area contributed by atoms with Gasteiger partial charge in [0.1, 0.15) is 0 Å². The largest absolute Gasteiger partial charge is 0.481 e. The van der Waals surface area contributed by atoms with E-state index in [1.165, 1.54) is 38.5 Å². The molecule has 23 heavy (non-hydrogen) atoms. The van der Waals surface area contributed by atoms with Gasteiger partial charge in [0.15, 0.2) is 0 Å². The highest BCUT2D eigenvalue weighted by Gasteiger charge is 2.38. The molecule has 0 bridgehead atoms. The van der Waals surface area contributed by atoms with E-state index < -0.39 is 5.97 Å². The molecule has 0 aromatic carbocycles. The van der Waals surface area contributed by atoms with Gasteiger partial charge in [0.2, 0.25) is 5.91 Å². The zero-order chi connectivity index (χ0) is 16.2. The number of carbonyl (C=O) groups is 2. The van der Waals surface area contributed by atoms with Crippen LogP contribution in [0, 0.1) is 5.92 Å². The highest BCUT2D eigenvalue weighted by Crippen LogP contribution is 2.34. The third-order valence-corrected chi connectivity index (χ3v) is 5.71. The first kappa shape index (κ1) is 16.7. The number of carboxylic acid groups (broad SMARTS) is 1. The normalized spacial score (nSPS) is 26.9. The number of hydrogen-bond donors (Lipinski definition) is 1. The van der Waals surface area contributed by atoms with Gasteiger partial charge in [-0.3, -0.25) is 14.5 Å². The summed E-state index contributed by atoms with van der Waals surface area (Å²) in [4.78, 5) is 28.2. The lowest BCUT2D eigenvalue weighted by molar-refractivity contribution is -0.138. The fourth-order valence-electron chi connectivity index (χ4n) is 4.35. The number of likely N-dealkylation sites (tertiary alicyclic amines) is 1. The minimum atomic E-state index is -0.694. The molecule has 0 aromatic rings. The maximum absolute atomic E-state index is 12.8. The van der Waals surface area contributed by atoms with Gasteiger partial charge < -0.3 is 10.0 Å². The third-order valence-electron chi connectivity index (χ3n) is 5.71. The summed E-state index contributed by atoms with van der Waals surface area (Å²) in [5.41, 5.74) is 0. The van der Waals surface area contributed by atoms with Gasteiger partial charge in [-0.1, -0.05) is 12.8 Å². The predicted molar refractivity (Wildman–Crippen MR) is 88.2 cm³/mol. The number of nitrogens with zero attached hydrogens (tertiary/aromatic N) is 2. The second kappa shape index (κ2) is 7.65. The molecule has 1 aliphatic heterocycles. The molecule has 3 fully saturated rings. The highest BCUT2D eigenvalue weighted by molar-refractivity contribution is 5.79. The molecular formula is C18H30N2O3. The number of amides is 1. The van der Waals surface area contributed by atoms with E-state index in [4.69, 9.17) is 5.11 Å². The summed E-state index contributed by atoms with van der Waals surface area (Å²) in [5, 5.41) is 8.96. The van der Waals surface area contributed by atoms with Crippen molar-refractivity contribution in [1.82, 2.24) is 9.80 Å². The molecule has 2 saturated carbocycles. The van der Waals surface area contributed by atoms with Crippen molar-refractivity contribution in [1.29, 1.82) is 0 Å². The number of aliphatic carboxylic acids is 1. The van der Waals surface area contributed by atoms with Crippen LogP contribution in [0.4, 0.5) is 0 Å². The van der Waals surface area contributed by atoms with Crippen LogP contribution in [-0.2, 0) is 9.59 Å². The molecule has 5 heteroatoms. The van der Waals surface area contributed by atoms with E-state index in [1.54, 1.807) is 0 Å². The molecule has 1 heterocycles. The quantitative estimate of drug-likeness (QED) is 0.816. The summed E-state index contributed by atoms with van der Waals surface area (Å²) in [6, 6.07) is 0.999. The van der Waals surface area contributed by atoms with E-state index in [2.05, 4.69) is 9.80 Å². The average Bonchev–Trinajstić information content (AvgIpc) is 3.22. The number of rotatable bonds is 6. The lowest BCUT2D eigenvalue weighted by Crippen LogP contribution is -2.46. The van der Waals surface area contributed by atoms with Gasteiger partial charge >= 0.3 is 5.97 Å². The first-order chi connectivity index (χ1) is 11.1. The van der Waals surface area contributed by atoms with Gasteiger partial charge in [-0.25, -0.2) is 0 Å². The SMILES string of the molecule is O=C(O)C[C@@H]1CCCN(CC(=O)N(C2CCCC2)C2CC2)CC1. The van der Waals surface area contributed by atoms with Crippen LogP contribution in [-0.4, -0.2) is 58.5 Å². The van der Waals surface area contributed by atoms with Gasteiger partial charge in [0.25, 0.3) is 0 Å². The van der Waals surface area contributed by atoms with Gasteiger partial charge in [0, 0.05) is 18.5 Å². The molecule has 3 rings (SSSR count). The number of hydrogen-bond acceptors (Lipinski definition) is 3. The Labute approximate surface area is 139 Å². The molecule has 1 amide bonds. The van der Waals surface area contributed by atoms with E-state index in [1.807, 2.05) is 0 Å². The van der Waals surface area contributed by atoms with Crippen LogP contribution in [0.5, 0.6) is 0 Å². The van der Waals surface area contributed by atoms with Crippen LogP contribution < -0.4 is 0 Å². The summed E-state index contributed by atoms with van der Waals surface area (Å²) >= 11 is 0. The lowest BCUT2D eigenvalue weighted by atomic mass is 9.97. The van der Waals surface area contributed by atoms with Gasteiger partial charge in [-0.2, -0.15) is 0 Å². The second-order valence-electron chi connectivity index (χ2n) is 7.64. The van der Waals surface area contributed by atoms with Crippen molar-refractivity contribution in [2.45, 2.75) is 76.3 Å². The minimum absolute atomic E-state index is 0.276. The second-order valence-corrected chi connectivity index (χ2v) is 7.64. The summed E-state index contributed by atoms with van der Waals surface area (Å²) in [6.45, 7) is 2.34. The maximum Gasteiger partial charge on any atom is 0.303 e. The zero-order valence-electron chi connectivity index (χ0n) is 14.1. The maximum atomic E-state index is 12.8. The summed E-state index contributed by atoms with van der Waals surface area (Å²) in [7, 11) is 0. The number of carboxylic acids is 1. The average molecular weight is 322 g/mol. The Hall–Kier alpha value is -1.10. The Balaban J connectivity index is 1.51. The van der Waals surface area contributed by atoms with E-state index in [0.717, 1.165) is 32.4 Å². The number of carbonyl (C=O) groups excluding carboxylic acids is 1. The minimum Gasteiger partial charge on any atom is -0.481 e. The van der Waals surface area contributed by atoms with Crippen molar-refractivity contribution in [3.05, 3.63) is 0 Å². The van der Waals surface area contributed by atoms with Crippen LogP contribution in [0.15, 0.2) is 0 Å². The lowest BCUT2D eigenvalue weighted by Gasteiger charge is -2.31. The molecule has 0 spiro atoms. The molecule has 130 valence electrons. The van der Waals surface area contributed by atoms with Crippen LogP contribution in [0.3, 0.4) is 0 Å². The monoisotopic (exact) mass is 322 g/mol. The Kier molecular flexibility index (Phi) is 5.57. The van der Waals surface area contributed by atoms with Gasteiger partial charge in [-0.05, 0) is 64.0 Å². The summed E-state index contributed by atoms with van der Waals surface area (Å²) < 4.78 is 0. The van der Waals surface area contributed by atoms with E-state index in [0.29, 0.717) is 24.5 Å². The van der Waals surface area contributed by atoms with Crippen molar-refractivity contribution >= 4 is 11.9 Å². The third kappa shape index (κ3) is 4.69. The van der Waals surface area contributed by atoms with Crippen molar-refractivity contribution < 1.29 is 14.7 Å². The summed E-state index contributed by atoms with van der Waals surface area (Å²) in [6.07, 6.45) is 10.4. The zero-order valence-corrected chi connectivity index (χ0v) is 14.1. The van der Waals surface area contributed by atoms with Crippen molar-refractivity contribution in [2.24, 2.45) is 5.92 Å². The Bertz CT molecular complexity index is 430. The van der Waals surface area contributed by atoms with Crippen LogP contribution in [0.1, 0.15) is 64.2 Å². The van der Waals surface area contributed by atoms with Crippen molar-refractivity contribution in [2.75, 3.05) is 19.6 Å². The Morgan fingerprint density at radius 1 is 0.913 bits per heavy atom. The fourth-order valence-corrected chi connectivity index (χ4v) is 4.35. The molecule has 5 nitrogen and oxygen atoms in total. The van der Waals surface area contributed by atoms with E-state index >= 15 is 0 Å². The van der Waals surface area contributed by atoms with E-state index in [-0.39, 0.29) is 12.3 Å². The Morgan fingerprint density at radius 2 is 1.61 bits per heavy atom. The van der Waals surface area contributed by atoms with Crippen molar-refractivity contribution in [3.8, 4) is 0 Å². The molecule has 2 aliphatic carbocycles. The first-order valence-electron chi connectivity index (χ1n) is 9.39. The molecule has 1 N–H and O–H groups in total. The predicted octanol–water partition coefficient (Wildman–Crippen LogP) is 2.50. The standard InChI is InChI=1S/C18H30N2O3/c21-17(20(16-7-8-16)15-5-1-2-6-15)13-19-10-3-4-14(9-11-19)12-18(22)23/h14-16H,1-13H2,(H,22,23)/t14-/m1/s1. The molecule has 1 atom stereocenters. The van der Waals surface area contributed by atoms with Crippen molar-refractivity contribution in [3.63, 3.8) is 0 Å². The molecule has 0 radical (unpaired) electrons. The van der Waals surface area contributed by atoms with Crippen LogP contribution in [0.25, 0.3) is 0 Å². The highest BCUT2D eigenvalue weighted by atomic mass is 16.4. The molecule has 0 aromatic heterocycles. The first-order valence-corrected chi connectivity index (χ1v) is 9.39.